The summed E-state index contributed by atoms with van der Waals surface area (Å²) < 4.78 is 0.814. The van der Waals surface area contributed by atoms with Gasteiger partial charge in [-0.05, 0) is 41.1 Å². The summed E-state index contributed by atoms with van der Waals surface area (Å²) in [4.78, 5) is 20.7. The van der Waals surface area contributed by atoms with E-state index in [2.05, 4.69) is 43.1 Å². The van der Waals surface area contributed by atoms with Crippen molar-refractivity contribution in [3.8, 4) is 0 Å². The minimum atomic E-state index is -0.283. The van der Waals surface area contributed by atoms with Crippen molar-refractivity contribution in [1.29, 1.82) is 0 Å². The molecule has 0 bridgehead atoms. The van der Waals surface area contributed by atoms with Crippen molar-refractivity contribution in [1.82, 2.24) is 9.97 Å². The lowest BCUT2D eigenvalue weighted by Gasteiger charge is -2.09. The fourth-order valence-electron chi connectivity index (χ4n) is 1.68. The second-order valence-corrected chi connectivity index (χ2v) is 5.18. The van der Waals surface area contributed by atoms with Crippen LogP contribution in [0.3, 0.4) is 0 Å². The number of amides is 1. The number of aromatic nitrogens is 2. The molecule has 1 aromatic carbocycles. The van der Waals surface area contributed by atoms with Gasteiger partial charge in [0, 0.05) is 16.7 Å². The fourth-order valence-corrected chi connectivity index (χ4v) is 2.06. The topological polar surface area (TPSA) is 66.9 Å². The van der Waals surface area contributed by atoms with Gasteiger partial charge in [-0.3, -0.25) is 4.79 Å². The summed E-state index contributed by atoms with van der Waals surface area (Å²) in [6.45, 7) is 5.97. The van der Waals surface area contributed by atoms with Crippen LogP contribution in [0.4, 0.5) is 11.6 Å². The smallest absolute Gasteiger partial charge is 0.274 e. The number of anilines is 2. The van der Waals surface area contributed by atoms with Crippen LogP contribution < -0.4 is 10.6 Å². The zero-order chi connectivity index (χ0) is 15.2. The maximum Gasteiger partial charge on any atom is 0.274 e. The molecule has 2 N–H and O–H groups in total. The standard InChI is InChI=1S/C15H15BrN4O/c1-3-8-17-15-18-10(2)9-13(20-15)14(21)19-12-7-5-4-6-11(12)16/h3-7,9H,1,8H2,2H3,(H,19,21)(H,17,18,20). The molecule has 1 heterocycles. The highest BCUT2D eigenvalue weighted by atomic mass is 79.9. The van der Waals surface area contributed by atoms with Crippen molar-refractivity contribution in [2.75, 3.05) is 17.2 Å². The number of hydrogen-bond donors (Lipinski definition) is 2. The van der Waals surface area contributed by atoms with Gasteiger partial charge in [0.2, 0.25) is 5.95 Å². The SMILES string of the molecule is C=CCNc1nc(C)cc(C(=O)Nc2ccccc2Br)n1. The highest BCUT2D eigenvalue weighted by molar-refractivity contribution is 9.10. The molecule has 0 aliphatic rings. The molecular weight excluding hydrogens is 332 g/mol. The molecule has 0 saturated carbocycles. The monoisotopic (exact) mass is 346 g/mol. The Balaban J connectivity index is 2.20. The first-order chi connectivity index (χ1) is 10.1. The van der Waals surface area contributed by atoms with Gasteiger partial charge in [-0.15, -0.1) is 6.58 Å². The van der Waals surface area contributed by atoms with Crippen LogP contribution in [-0.2, 0) is 0 Å². The first-order valence-corrected chi connectivity index (χ1v) is 7.16. The molecule has 0 radical (unpaired) electrons. The maximum absolute atomic E-state index is 12.3. The van der Waals surface area contributed by atoms with E-state index < -0.39 is 0 Å². The number of carbonyl (C=O) groups excluding carboxylic acids is 1. The Morgan fingerprint density at radius 3 is 2.86 bits per heavy atom. The number of carbonyl (C=O) groups is 1. The van der Waals surface area contributed by atoms with E-state index in [-0.39, 0.29) is 5.91 Å². The number of halogens is 1. The minimum Gasteiger partial charge on any atom is -0.351 e. The lowest BCUT2D eigenvalue weighted by molar-refractivity contribution is 0.102. The van der Waals surface area contributed by atoms with E-state index >= 15 is 0 Å². The average Bonchev–Trinajstić information content (AvgIpc) is 2.47. The molecule has 108 valence electrons. The van der Waals surface area contributed by atoms with Gasteiger partial charge in [-0.25, -0.2) is 9.97 Å². The van der Waals surface area contributed by atoms with Crippen molar-refractivity contribution >= 4 is 33.5 Å². The van der Waals surface area contributed by atoms with E-state index in [9.17, 15) is 4.79 Å². The van der Waals surface area contributed by atoms with Crippen LogP contribution >= 0.6 is 15.9 Å². The number of benzene rings is 1. The number of rotatable bonds is 5. The Labute approximate surface area is 131 Å². The number of hydrogen-bond acceptors (Lipinski definition) is 4. The zero-order valence-corrected chi connectivity index (χ0v) is 13.1. The lowest BCUT2D eigenvalue weighted by atomic mass is 10.3. The van der Waals surface area contributed by atoms with Crippen molar-refractivity contribution in [3.63, 3.8) is 0 Å². The van der Waals surface area contributed by atoms with Crippen LogP contribution in [0.1, 0.15) is 16.2 Å². The number of nitrogens with zero attached hydrogens (tertiary/aromatic N) is 2. The molecule has 1 amide bonds. The second kappa shape index (κ2) is 6.99. The van der Waals surface area contributed by atoms with E-state index in [4.69, 9.17) is 0 Å². The summed E-state index contributed by atoms with van der Waals surface area (Å²) in [7, 11) is 0. The van der Waals surface area contributed by atoms with Gasteiger partial charge in [-0.2, -0.15) is 0 Å². The molecule has 0 atom stereocenters. The molecule has 0 aliphatic carbocycles. The quantitative estimate of drug-likeness (QED) is 0.814. The van der Waals surface area contributed by atoms with Crippen LogP contribution in [-0.4, -0.2) is 22.4 Å². The third kappa shape index (κ3) is 4.13. The van der Waals surface area contributed by atoms with Crippen molar-refractivity contribution in [2.24, 2.45) is 0 Å². The van der Waals surface area contributed by atoms with E-state index in [1.165, 1.54) is 0 Å². The Bertz CT molecular complexity index is 672. The summed E-state index contributed by atoms with van der Waals surface area (Å²) >= 11 is 3.39. The minimum absolute atomic E-state index is 0.283. The number of para-hydroxylation sites is 1. The van der Waals surface area contributed by atoms with Crippen molar-refractivity contribution in [2.45, 2.75) is 6.92 Å². The molecule has 0 unspecified atom stereocenters. The van der Waals surface area contributed by atoms with Crippen LogP contribution in [0.25, 0.3) is 0 Å². The van der Waals surface area contributed by atoms with Gasteiger partial charge in [0.05, 0.1) is 5.69 Å². The van der Waals surface area contributed by atoms with Crippen molar-refractivity contribution < 1.29 is 4.79 Å². The van der Waals surface area contributed by atoms with Crippen LogP contribution in [0.15, 0.2) is 47.5 Å². The van der Waals surface area contributed by atoms with Crippen LogP contribution in [0.2, 0.25) is 0 Å². The number of nitrogens with one attached hydrogen (secondary N) is 2. The summed E-state index contributed by atoms with van der Waals surface area (Å²) in [5, 5.41) is 5.79. The van der Waals surface area contributed by atoms with Gasteiger partial charge in [0.1, 0.15) is 5.69 Å². The Morgan fingerprint density at radius 2 is 2.14 bits per heavy atom. The average molecular weight is 347 g/mol. The van der Waals surface area contributed by atoms with E-state index in [0.717, 1.165) is 4.47 Å². The van der Waals surface area contributed by atoms with Gasteiger partial charge in [0.25, 0.3) is 5.91 Å². The molecular formula is C15H15BrN4O. The molecule has 2 rings (SSSR count). The summed E-state index contributed by atoms with van der Waals surface area (Å²) in [6.07, 6.45) is 1.70. The molecule has 0 spiro atoms. The predicted molar refractivity (Wildman–Crippen MR) is 87.6 cm³/mol. The predicted octanol–water partition coefficient (Wildman–Crippen LogP) is 3.40. The normalized spacial score (nSPS) is 10.0. The van der Waals surface area contributed by atoms with Crippen molar-refractivity contribution in [3.05, 3.63) is 58.8 Å². The molecule has 5 nitrogen and oxygen atoms in total. The number of aryl methyl sites for hydroxylation is 1. The summed E-state index contributed by atoms with van der Waals surface area (Å²) in [6, 6.07) is 9.05. The molecule has 0 fully saturated rings. The van der Waals surface area contributed by atoms with E-state index in [1.54, 1.807) is 12.1 Å². The second-order valence-electron chi connectivity index (χ2n) is 4.32. The highest BCUT2D eigenvalue weighted by Gasteiger charge is 2.12. The molecule has 0 saturated heterocycles. The van der Waals surface area contributed by atoms with Gasteiger partial charge in [-0.1, -0.05) is 18.2 Å². The zero-order valence-electron chi connectivity index (χ0n) is 11.6. The largest absolute Gasteiger partial charge is 0.351 e. The fraction of sp³-hybridized carbons (Fsp3) is 0.133. The highest BCUT2D eigenvalue weighted by Crippen LogP contribution is 2.21. The third-order valence-corrected chi connectivity index (χ3v) is 3.30. The molecule has 0 aliphatic heterocycles. The van der Waals surface area contributed by atoms with Gasteiger partial charge in [0.15, 0.2) is 0 Å². The Kier molecular flexibility index (Phi) is 5.05. The molecule has 1 aromatic heterocycles. The Morgan fingerprint density at radius 1 is 1.38 bits per heavy atom. The van der Waals surface area contributed by atoms with Crippen LogP contribution in [0.5, 0.6) is 0 Å². The summed E-state index contributed by atoms with van der Waals surface area (Å²) in [5.74, 6) is 0.126. The molecule has 6 heteroatoms. The third-order valence-electron chi connectivity index (χ3n) is 2.61. The lowest BCUT2D eigenvalue weighted by Crippen LogP contribution is -2.16. The first kappa shape index (κ1) is 15.2. The maximum atomic E-state index is 12.3. The molecule has 2 aromatic rings. The van der Waals surface area contributed by atoms with Crippen LogP contribution in [0, 0.1) is 6.92 Å². The van der Waals surface area contributed by atoms with Gasteiger partial charge < -0.3 is 10.6 Å². The van der Waals surface area contributed by atoms with E-state index in [0.29, 0.717) is 29.6 Å². The van der Waals surface area contributed by atoms with E-state index in [1.807, 2.05) is 31.2 Å². The first-order valence-electron chi connectivity index (χ1n) is 6.36. The summed E-state index contributed by atoms with van der Waals surface area (Å²) in [5.41, 5.74) is 1.72. The van der Waals surface area contributed by atoms with Gasteiger partial charge >= 0.3 is 0 Å². The Hall–Kier alpha value is -2.21. The molecule has 21 heavy (non-hydrogen) atoms.